The van der Waals surface area contributed by atoms with E-state index in [-0.39, 0.29) is 7.92 Å². The molecule has 2 nitrogen and oxygen atoms in total. The molecule has 0 aromatic rings. The third-order valence-electron chi connectivity index (χ3n) is 2.01. The fraction of sp³-hybridized carbons (Fsp3) is 0.900. The molecule has 0 saturated carbocycles. The first kappa shape index (κ1) is 12.9. The first-order chi connectivity index (χ1) is 6.20. The highest BCUT2D eigenvalue weighted by Crippen LogP contribution is 2.37. The summed E-state index contributed by atoms with van der Waals surface area (Å²) < 4.78 is 0. The molecule has 0 aromatic heterocycles. The summed E-state index contributed by atoms with van der Waals surface area (Å²) in [4.78, 5) is 10.6. The third-order valence-corrected chi connectivity index (χ3v) is 4.63. The van der Waals surface area contributed by atoms with Crippen molar-refractivity contribution >= 4 is 13.9 Å². The average Bonchev–Trinajstić information content (AvgIpc) is 2.09. The van der Waals surface area contributed by atoms with Crippen LogP contribution in [0.4, 0.5) is 0 Å². The summed E-state index contributed by atoms with van der Waals surface area (Å²) in [5.74, 6) is -0.613. The van der Waals surface area contributed by atoms with Gasteiger partial charge in [-0.1, -0.05) is 34.6 Å². The Kier molecular flexibility index (Phi) is 8.43. The predicted octanol–water partition coefficient (Wildman–Crippen LogP) is 3.15. The summed E-state index contributed by atoms with van der Waals surface area (Å²) in [6.45, 7) is 4.32. The number of carboxylic acids is 1. The second kappa shape index (κ2) is 8.50. The minimum absolute atomic E-state index is 0.211. The van der Waals surface area contributed by atoms with E-state index in [2.05, 4.69) is 13.8 Å². The summed E-state index contributed by atoms with van der Waals surface area (Å²) in [5.41, 5.74) is 0. The summed E-state index contributed by atoms with van der Waals surface area (Å²) in [7, 11) is -0.211. The number of unbranched alkanes of at least 4 members (excludes halogenated alkanes) is 2. The van der Waals surface area contributed by atoms with Crippen LogP contribution in [0, 0.1) is 0 Å². The molecule has 78 valence electrons. The molecule has 0 aliphatic rings. The molecular formula is C10H21O2P. The summed E-state index contributed by atoms with van der Waals surface area (Å²) in [6, 6.07) is 0. The number of aliphatic carboxylic acids is 1. The van der Waals surface area contributed by atoms with Crippen LogP contribution in [-0.4, -0.2) is 29.6 Å². The molecule has 0 aromatic carbocycles. The number of carboxylic acid groups (broad SMARTS) is 1. The van der Waals surface area contributed by atoms with Gasteiger partial charge in [-0.2, -0.15) is 0 Å². The molecule has 13 heavy (non-hydrogen) atoms. The van der Waals surface area contributed by atoms with Crippen molar-refractivity contribution in [2.45, 2.75) is 39.5 Å². The number of carbonyl (C=O) groups is 1. The lowest BCUT2D eigenvalue weighted by molar-refractivity contribution is -0.134. The molecule has 0 fully saturated rings. The third kappa shape index (κ3) is 8.24. The second-order valence-electron chi connectivity index (χ2n) is 3.38. The quantitative estimate of drug-likeness (QED) is 0.617. The van der Waals surface area contributed by atoms with Crippen LogP contribution in [0.5, 0.6) is 0 Å². The molecule has 0 atom stereocenters. The molecule has 0 rings (SSSR count). The lowest BCUT2D eigenvalue weighted by Crippen LogP contribution is -2.05. The molecule has 3 heteroatoms. The van der Waals surface area contributed by atoms with Gasteiger partial charge in [0.25, 0.3) is 0 Å². The summed E-state index contributed by atoms with van der Waals surface area (Å²) >= 11 is 0. The van der Waals surface area contributed by atoms with E-state index in [1.54, 1.807) is 0 Å². The molecular weight excluding hydrogens is 183 g/mol. The number of rotatable bonds is 8. The van der Waals surface area contributed by atoms with Crippen LogP contribution in [0.2, 0.25) is 0 Å². The predicted molar refractivity (Wildman–Crippen MR) is 59.0 cm³/mol. The first-order valence-electron chi connectivity index (χ1n) is 5.14. The Bertz CT molecular complexity index is 129. The maximum absolute atomic E-state index is 10.6. The van der Waals surface area contributed by atoms with Crippen LogP contribution < -0.4 is 0 Å². The maximum atomic E-state index is 10.6. The van der Waals surface area contributed by atoms with E-state index in [1.807, 2.05) is 0 Å². The zero-order valence-electron chi connectivity index (χ0n) is 8.75. The Labute approximate surface area is 82.5 Å². The van der Waals surface area contributed by atoms with Crippen LogP contribution in [0.3, 0.4) is 0 Å². The fourth-order valence-corrected chi connectivity index (χ4v) is 3.67. The van der Waals surface area contributed by atoms with Gasteiger partial charge in [0, 0.05) is 0 Å². The van der Waals surface area contributed by atoms with Crippen molar-refractivity contribution < 1.29 is 9.90 Å². The standard InChI is InChI=1S/C10H21O2P/c1-3-5-7-13(8-6-4-2)9-10(11)12/h3-9H2,1-2H3,(H,11,12). The van der Waals surface area contributed by atoms with Crippen molar-refractivity contribution in [2.24, 2.45) is 0 Å². The normalized spacial score (nSPS) is 10.7. The van der Waals surface area contributed by atoms with Crippen molar-refractivity contribution in [1.82, 2.24) is 0 Å². The van der Waals surface area contributed by atoms with Crippen LogP contribution in [0.1, 0.15) is 39.5 Å². The second-order valence-corrected chi connectivity index (χ2v) is 5.93. The van der Waals surface area contributed by atoms with Crippen LogP contribution in [-0.2, 0) is 4.79 Å². The molecule has 0 saturated heterocycles. The molecule has 0 unspecified atom stereocenters. The average molecular weight is 204 g/mol. The largest absolute Gasteiger partial charge is 0.481 e. The monoisotopic (exact) mass is 204 g/mol. The maximum Gasteiger partial charge on any atom is 0.307 e. The highest BCUT2D eigenvalue weighted by atomic mass is 31.1. The van der Waals surface area contributed by atoms with E-state index in [0.717, 1.165) is 12.3 Å². The van der Waals surface area contributed by atoms with E-state index in [1.165, 1.54) is 25.7 Å². The van der Waals surface area contributed by atoms with Gasteiger partial charge in [0.2, 0.25) is 0 Å². The van der Waals surface area contributed by atoms with Crippen molar-refractivity contribution in [3.8, 4) is 0 Å². The number of hydrogen-bond acceptors (Lipinski definition) is 1. The van der Waals surface area contributed by atoms with Gasteiger partial charge in [-0.05, 0) is 25.2 Å². The Hall–Kier alpha value is -0.100. The van der Waals surface area contributed by atoms with Crippen molar-refractivity contribution in [1.29, 1.82) is 0 Å². The van der Waals surface area contributed by atoms with Crippen LogP contribution in [0.15, 0.2) is 0 Å². The van der Waals surface area contributed by atoms with Gasteiger partial charge < -0.3 is 5.11 Å². The zero-order chi connectivity index (χ0) is 10.1. The molecule has 0 spiro atoms. The minimum Gasteiger partial charge on any atom is -0.481 e. The molecule has 0 aliphatic carbocycles. The van der Waals surface area contributed by atoms with Gasteiger partial charge in [-0.15, -0.1) is 0 Å². The minimum atomic E-state index is -0.613. The van der Waals surface area contributed by atoms with E-state index in [4.69, 9.17) is 5.11 Å². The van der Waals surface area contributed by atoms with E-state index >= 15 is 0 Å². The molecule has 0 aliphatic heterocycles. The Morgan fingerprint density at radius 3 is 1.92 bits per heavy atom. The van der Waals surface area contributed by atoms with Gasteiger partial charge in [-0.25, -0.2) is 0 Å². The highest BCUT2D eigenvalue weighted by molar-refractivity contribution is 7.58. The lowest BCUT2D eigenvalue weighted by Gasteiger charge is -2.14. The van der Waals surface area contributed by atoms with Gasteiger partial charge >= 0.3 is 5.97 Å². The fourth-order valence-electron chi connectivity index (χ4n) is 1.22. The number of hydrogen-bond donors (Lipinski definition) is 1. The molecule has 0 bridgehead atoms. The Balaban J connectivity index is 3.66. The highest BCUT2D eigenvalue weighted by Gasteiger charge is 2.10. The molecule has 0 amide bonds. The lowest BCUT2D eigenvalue weighted by atomic mass is 10.4. The first-order valence-corrected chi connectivity index (χ1v) is 7.04. The van der Waals surface area contributed by atoms with E-state index < -0.39 is 5.97 Å². The Morgan fingerprint density at radius 1 is 1.15 bits per heavy atom. The smallest absolute Gasteiger partial charge is 0.307 e. The van der Waals surface area contributed by atoms with Crippen molar-refractivity contribution in [2.75, 3.05) is 18.5 Å². The Morgan fingerprint density at radius 2 is 1.62 bits per heavy atom. The van der Waals surface area contributed by atoms with Gasteiger partial charge in [-0.3, -0.25) is 4.79 Å². The summed E-state index contributed by atoms with van der Waals surface area (Å²) in [5, 5.41) is 8.70. The molecule has 0 heterocycles. The van der Waals surface area contributed by atoms with Crippen LogP contribution >= 0.6 is 7.92 Å². The zero-order valence-corrected chi connectivity index (χ0v) is 9.65. The van der Waals surface area contributed by atoms with E-state index in [9.17, 15) is 4.79 Å². The van der Waals surface area contributed by atoms with Crippen LogP contribution in [0.25, 0.3) is 0 Å². The van der Waals surface area contributed by atoms with Gasteiger partial charge in [0.05, 0.1) is 6.16 Å². The van der Waals surface area contributed by atoms with E-state index in [0.29, 0.717) is 6.16 Å². The molecule has 1 N–H and O–H groups in total. The SMILES string of the molecule is CCCCP(CCCC)CC(=O)O. The molecule has 0 radical (unpaired) electrons. The topological polar surface area (TPSA) is 37.3 Å². The van der Waals surface area contributed by atoms with Crippen molar-refractivity contribution in [3.63, 3.8) is 0 Å². The van der Waals surface area contributed by atoms with Gasteiger partial charge in [0.15, 0.2) is 0 Å². The summed E-state index contributed by atoms with van der Waals surface area (Å²) in [6.07, 6.45) is 7.49. The van der Waals surface area contributed by atoms with Crippen molar-refractivity contribution in [3.05, 3.63) is 0 Å². The van der Waals surface area contributed by atoms with Gasteiger partial charge in [0.1, 0.15) is 0 Å².